The summed E-state index contributed by atoms with van der Waals surface area (Å²) in [7, 11) is 0. The van der Waals surface area contributed by atoms with Crippen LogP contribution in [0.2, 0.25) is 0 Å². The largest absolute Gasteiger partial charge is 0.370 e. The topological polar surface area (TPSA) is 49.8 Å². The van der Waals surface area contributed by atoms with Gasteiger partial charge in [-0.05, 0) is 25.5 Å². The lowest BCUT2D eigenvalue weighted by Gasteiger charge is -2.10. The van der Waals surface area contributed by atoms with Gasteiger partial charge in [0.1, 0.15) is 5.82 Å². The summed E-state index contributed by atoms with van der Waals surface area (Å²) in [5, 5.41) is 6.48. The van der Waals surface area contributed by atoms with Gasteiger partial charge in [-0.15, -0.1) is 0 Å². The van der Waals surface area contributed by atoms with Crippen LogP contribution in [0.1, 0.15) is 18.9 Å². The number of aromatic nitrogens is 2. The fourth-order valence-corrected chi connectivity index (χ4v) is 1.58. The summed E-state index contributed by atoms with van der Waals surface area (Å²) in [5.74, 6) is 1.51. The van der Waals surface area contributed by atoms with Crippen LogP contribution in [0, 0.1) is 6.92 Å². The van der Waals surface area contributed by atoms with E-state index >= 15 is 0 Å². The Morgan fingerprint density at radius 3 is 2.67 bits per heavy atom. The minimum Gasteiger partial charge on any atom is -0.370 e. The summed E-state index contributed by atoms with van der Waals surface area (Å²) in [6.07, 6.45) is 2.90. The van der Waals surface area contributed by atoms with Crippen LogP contribution in [-0.2, 0) is 0 Å². The number of rotatable bonds is 5. The minimum absolute atomic E-state index is 0.616. The van der Waals surface area contributed by atoms with Crippen LogP contribution in [0.15, 0.2) is 36.5 Å². The lowest BCUT2D eigenvalue weighted by molar-refractivity contribution is 0.960. The first kappa shape index (κ1) is 12.4. The molecule has 1 aromatic heterocycles. The molecule has 0 fully saturated rings. The Hall–Kier alpha value is -2.10. The Balaban J connectivity index is 2.14. The third-order valence-electron chi connectivity index (χ3n) is 2.54. The average molecular weight is 242 g/mol. The molecular formula is C14H18N4. The van der Waals surface area contributed by atoms with Crippen molar-refractivity contribution >= 4 is 17.5 Å². The van der Waals surface area contributed by atoms with Gasteiger partial charge in [0.25, 0.3) is 0 Å². The zero-order chi connectivity index (χ0) is 12.8. The van der Waals surface area contributed by atoms with Crippen molar-refractivity contribution in [2.75, 3.05) is 17.2 Å². The standard InChI is InChI=1S/C14H18N4/c1-3-9-15-13-11(2)10-16-14(18-13)17-12-7-5-4-6-8-12/h4-8,10H,3,9H2,1-2H3,(H2,15,16,17,18). The molecule has 4 nitrogen and oxygen atoms in total. The van der Waals surface area contributed by atoms with Crippen LogP contribution >= 0.6 is 0 Å². The molecule has 1 aromatic carbocycles. The Bertz CT molecular complexity index is 496. The molecule has 0 spiro atoms. The van der Waals surface area contributed by atoms with Gasteiger partial charge in [0.15, 0.2) is 0 Å². The van der Waals surface area contributed by atoms with E-state index in [1.807, 2.05) is 43.5 Å². The molecule has 0 amide bonds. The maximum atomic E-state index is 4.47. The van der Waals surface area contributed by atoms with Crippen LogP contribution < -0.4 is 10.6 Å². The minimum atomic E-state index is 0.616. The van der Waals surface area contributed by atoms with Crippen LogP contribution in [0.4, 0.5) is 17.5 Å². The number of benzene rings is 1. The molecule has 2 rings (SSSR count). The van der Waals surface area contributed by atoms with E-state index < -0.39 is 0 Å². The lowest BCUT2D eigenvalue weighted by Crippen LogP contribution is -2.06. The van der Waals surface area contributed by atoms with Crippen molar-refractivity contribution in [3.63, 3.8) is 0 Å². The number of hydrogen-bond acceptors (Lipinski definition) is 4. The number of anilines is 3. The first-order valence-corrected chi connectivity index (χ1v) is 6.19. The van der Waals surface area contributed by atoms with Crippen molar-refractivity contribution in [1.29, 1.82) is 0 Å². The summed E-state index contributed by atoms with van der Waals surface area (Å²) >= 11 is 0. The molecule has 18 heavy (non-hydrogen) atoms. The third kappa shape index (κ3) is 3.20. The van der Waals surface area contributed by atoms with Crippen LogP contribution in [0.3, 0.4) is 0 Å². The van der Waals surface area contributed by atoms with Crippen LogP contribution in [0.25, 0.3) is 0 Å². The first-order valence-electron chi connectivity index (χ1n) is 6.19. The number of hydrogen-bond donors (Lipinski definition) is 2. The highest BCUT2D eigenvalue weighted by atomic mass is 15.1. The Labute approximate surface area is 107 Å². The van der Waals surface area contributed by atoms with E-state index in [2.05, 4.69) is 27.5 Å². The normalized spacial score (nSPS) is 10.1. The molecule has 0 bridgehead atoms. The maximum Gasteiger partial charge on any atom is 0.229 e. The van der Waals surface area contributed by atoms with Gasteiger partial charge in [0, 0.05) is 24.0 Å². The number of aryl methyl sites for hydroxylation is 1. The molecule has 1 heterocycles. The quantitative estimate of drug-likeness (QED) is 0.844. The zero-order valence-corrected chi connectivity index (χ0v) is 10.8. The van der Waals surface area contributed by atoms with E-state index in [-0.39, 0.29) is 0 Å². The average Bonchev–Trinajstić information content (AvgIpc) is 2.40. The molecule has 0 aliphatic heterocycles. The van der Waals surface area contributed by atoms with E-state index in [1.165, 1.54) is 0 Å². The maximum absolute atomic E-state index is 4.47. The van der Waals surface area contributed by atoms with Gasteiger partial charge in [0.05, 0.1) is 0 Å². The highest BCUT2D eigenvalue weighted by Crippen LogP contribution is 2.16. The van der Waals surface area contributed by atoms with E-state index in [0.717, 1.165) is 30.0 Å². The van der Waals surface area contributed by atoms with Crippen molar-refractivity contribution in [3.05, 3.63) is 42.1 Å². The number of nitrogens with one attached hydrogen (secondary N) is 2. The van der Waals surface area contributed by atoms with E-state index in [1.54, 1.807) is 0 Å². The highest BCUT2D eigenvalue weighted by molar-refractivity contribution is 5.55. The van der Waals surface area contributed by atoms with Gasteiger partial charge in [-0.1, -0.05) is 25.1 Å². The molecule has 0 saturated carbocycles. The van der Waals surface area contributed by atoms with Crippen molar-refractivity contribution in [1.82, 2.24) is 9.97 Å². The van der Waals surface area contributed by atoms with E-state index in [0.29, 0.717) is 5.95 Å². The molecule has 0 saturated heterocycles. The van der Waals surface area contributed by atoms with Gasteiger partial charge >= 0.3 is 0 Å². The molecule has 94 valence electrons. The van der Waals surface area contributed by atoms with Gasteiger partial charge in [-0.3, -0.25) is 0 Å². The molecule has 0 atom stereocenters. The van der Waals surface area contributed by atoms with E-state index in [9.17, 15) is 0 Å². The summed E-state index contributed by atoms with van der Waals surface area (Å²) in [6.45, 7) is 5.06. The molecule has 2 aromatic rings. The number of nitrogens with zero attached hydrogens (tertiary/aromatic N) is 2. The van der Waals surface area contributed by atoms with Crippen molar-refractivity contribution < 1.29 is 0 Å². The summed E-state index contributed by atoms with van der Waals surface area (Å²) in [6, 6.07) is 9.92. The van der Waals surface area contributed by atoms with Crippen molar-refractivity contribution in [2.45, 2.75) is 20.3 Å². The Morgan fingerprint density at radius 1 is 1.17 bits per heavy atom. The van der Waals surface area contributed by atoms with E-state index in [4.69, 9.17) is 0 Å². The second kappa shape index (κ2) is 6.00. The predicted molar refractivity (Wildman–Crippen MR) is 75.3 cm³/mol. The van der Waals surface area contributed by atoms with Gasteiger partial charge < -0.3 is 10.6 Å². The van der Waals surface area contributed by atoms with Gasteiger partial charge in [0.2, 0.25) is 5.95 Å². The van der Waals surface area contributed by atoms with Crippen LogP contribution in [0.5, 0.6) is 0 Å². The summed E-state index contributed by atoms with van der Waals surface area (Å²) < 4.78 is 0. The summed E-state index contributed by atoms with van der Waals surface area (Å²) in [4.78, 5) is 8.75. The number of para-hydroxylation sites is 1. The molecule has 0 unspecified atom stereocenters. The molecule has 2 N–H and O–H groups in total. The predicted octanol–water partition coefficient (Wildman–Crippen LogP) is 3.35. The molecular weight excluding hydrogens is 224 g/mol. The molecule has 0 aliphatic rings. The molecule has 0 radical (unpaired) electrons. The smallest absolute Gasteiger partial charge is 0.229 e. The van der Waals surface area contributed by atoms with Crippen molar-refractivity contribution in [3.8, 4) is 0 Å². The second-order valence-electron chi connectivity index (χ2n) is 4.14. The van der Waals surface area contributed by atoms with Crippen LogP contribution in [-0.4, -0.2) is 16.5 Å². The first-order chi connectivity index (χ1) is 8.79. The second-order valence-corrected chi connectivity index (χ2v) is 4.14. The zero-order valence-electron chi connectivity index (χ0n) is 10.8. The molecule has 4 heteroatoms. The SMILES string of the molecule is CCCNc1nc(Nc2ccccc2)ncc1C. The third-order valence-corrected chi connectivity index (χ3v) is 2.54. The lowest BCUT2D eigenvalue weighted by atomic mass is 10.3. The summed E-state index contributed by atoms with van der Waals surface area (Å²) in [5.41, 5.74) is 2.05. The fourth-order valence-electron chi connectivity index (χ4n) is 1.58. The van der Waals surface area contributed by atoms with Crippen molar-refractivity contribution in [2.24, 2.45) is 0 Å². The Morgan fingerprint density at radius 2 is 1.94 bits per heavy atom. The Kier molecular flexibility index (Phi) is 4.12. The fraction of sp³-hybridized carbons (Fsp3) is 0.286. The van der Waals surface area contributed by atoms with Gasteiger partial charge in [-0.2, -0.15) is 4.98 Å². The van der Waals surface area contributed by atoms with Gasteiger partial charge in [-0.25, -0.2) is 4.98 Å². The monoisotopic (exact) mass is 242 g/mol. The highest BCUT2D eigenvalue weighted by Gasteiger charge is 2.03. The molecule has 0 aliphatic carbocycles.